The van der Waals surface area contributed by atoms with Gasteiger partial charge in [0.1, 0.15) is 11.9 Å². The predicted molar refractivity (Wildman–Crippen MR) is 176 cm³/mol. The van der Waals surface area contributed by atoms with Gasteiger partial charge in [-0.3, -0.25) is 4.79 Å². The molecule has 8 atom stereocenters. The number of hydrogen-bond donors (Lipinski definition) is 3. The number of aliphatic hydroxyl groups is 2. The Labute approximate surface area is 265 Å². The minimum absolute atomic E-state index is 0.0680. The van der Waals surface area contributed by atoms with Crippen LogP contribution in [-0.2, 0) is 21.4 Å². The minimum Gasteiger partial charge on any atom is -0.461 e. The fourth-order valence-electron chi connectivity index (χ4n) is 9.01. The summed E-state index contributed by atoms with van der Waals surface area (Å²) in [5.74, 6) is 2.60. The second-order valence-corrected chi connectivity index (χ2v) is 15.1. The highest BCUT2D eigenvalue weighted by atomic mass is 16.5. The lowest BCUT2D eigenvalue weighted by atomic mass is 9.60. The number of aromatic amines is 1. The summed E-state index contributed by atoms with van der Waals surface area (Å²) in [6.07, 6.45) is 19.0. The molecule has 4 aliphatic carbocycles. The molecule has 3 N–H and O–H groups in total. The molecule has 0 saturated heterocycles. The van der Waals surface area contributed by atoms with Crippen molar-refractivity contribution in [2.45, 2.75) is 148 Å². The lowest BCUT2D eigenvalue weighted by molar-refractivity contribution is -0.156. The van der Waals surface area contributed by atoms with Crippen molar-refractivity contribution in [3.8, 4) is 0 Å². The fourth-order valence-corrected chi connectivity index (χ4v) is 9.01. The van der Waals surface area contributed by atoms with Gasteiger partial charge in [-0.15, -0.1) is 0 Å². The molecular formula is C38H58N2O4. The van der Waals surface area contributed by atoms with Gasteiger partial charge in [-0.25, -0.2) is 4.98 Å². The first-order valence-corrected chi connectivity index (χ1v) is 17.7. The van der Waals surface area contributed by atoms with Gasteiger partial charge in [0.25, 0.3) is 0 Å². The van der Waals surface area contributed by atoms with E-state index in [0.717, 1.165) is 74.0 Å². The zero-order valence-electron chi connectivity index (χ0n) is 28.0. The predicted octanol–water partition coefficient (Wildman–Crippen LogP) is 7.91. The zero-order valence-corrected chi connectivity index (χ0v) is 28.0. The summed E-state index contributed by atoms with van der Waals surface area (Å²) in [6.45, 7) is 15.3. The largest absolute Gasteiger partial charge is 0.461 e. The van der Waals surface area contributed by atoms with Crippen LogP contribution in [0.25, 0.3) is 0 Å². The number of ether oxygens (including phenoxy) is 1. The number of H-pyrrole nitrogens is 1. The first-order valence-electron chi connectivity index (χ1n) is 17.7. The number of imidazole rings is 1. The minimum atomic E-state index is -0.647. The number of fused-ring (bicyclic) bond motifs is 1. The van der Waals surface area contributed by atoms with Crippen molar-refractivity contribution in [2.75, 3.05) is 0 Å². The van der Waals surface area contributed by atoms with Crippen LogP contribution in [-0.4, -0.2) is 44.5 Å². The van der Waals surface area contributed by atoms with E-state index in [9.17, 15) is 15.0 Å². The molecule has 0 radical (unpaired) electrons. The van der Waals surface area contributed by atoms with Crippen LogP contribution in [0.3, 0.4) is 0 Å². The third-order valence-corrected chi connectivity index (χ3v) is 12.2. The average molecular weight is 607 g/mol. The number of carbonyl (C=O) groups is 1. The lowest BCUT2D eigenvalue weighted by Crippen LogP contribution is -2.37. The van der Waals surface area contributed by atoms with Crippen LogP contribution in [0, 0.1) is 29.1 Å². The molecule has 1 unspecified atom stereocenters. The van der Waals surface area contributed by atoms with Crippen LogP contribution in [0.4, 0.5) is 0 Å². The molecule has 44 heavy (non-hydrogen) atoms. The van der Waals surface area contributed by atoms with Gasteiger partial charge in [0.05, 0.1) is 29.2 Å². The van der Waals surface area contributed by atoms with Crippen molar-refractivity contribution in [1.29, 1.82) is 0 Å². The van der Waals surface area contributed by atoms with E-state index in [4.69, 9.17) is 9.72 Å². The van der Waals surface area contributed by atoms with Gasteiger partial charge < -0.3 is 19.9 Å². The molecule has 1 heterocycles. The standard InChI is InChI=1S/C38H58N2O4/c1-7-10-29-23-39-36(40-29)38(19-20-38)34(44-35(43)24(3)8-2)17-12-25(4)31-15-16-32-27(11-9-18-37(31,32)6)13-14-28-21-30(41)22-33(42)26(28)5/h13-14,23-25,30-34,41-42H,5,7-12,15-22H2,1-4,6H3,(H,39,40)/b27-13+,28-14-/t24?,25-,30-,31-,32+,33+,34+,37-/m1/s1. The van der Waals surface area contributed by atoms with E-state index in [1.807, 2.05) is 13.1 Å². The van der Waals surface area contributed by atoms with Crippen LogP contribution in [0.2, 0.25) is 0 Å². The molecule has 4 fully saturated rings. The summed E-state index contributed by atoms with van der Waals surface area (Å²) >= 11 is 0. The van der Waals surface area contributed by atoms with Crippen molar-refractivity contribution in [1.82, 2.24) is 9.97 Å². The molecule has 4 aliphatic rings. The van der Waals surface area contributed by atoms with Crippen LogP contribution in [0.5, 0.6) is 0 Å². The molecule has 1 aromatic heterocycles. The molecule has 6 heteroatoms. The normalized spacial score (nSPS) is 33.7. The summed E-state index contributed by atoms with van der Waals surface area (Å²) in [6, 6.07) is 0. The van der Waals surface area contributed by atoms with E-state index in [2.05, 4.69) is 51.4 Å². The Balaban J connectivity index is 1.29. The zero-order chi connectivity index (χ0) is 31.6. The highest BCUT2D eigenvalue weighted by molar-refractivity contribution is 5.72. The number of nitrogens with one attached hydrogen (secondary N) is 1. The maximum atomic E-state index is 13.1. The Morgan fingerprint density at radius 2 is 1.95 bits per heavy atom. The number of aliphatic hydroxyl groups excluding tert-OH is 2. The Morgan fingerprint density at radius 1 is 1.18 bits per heavy atom. The molecule has 0 spiro atoms. The summed E-state index contributed by atoms with van der Waals surface area (Å²) in [5.41, 5.74) is 4.48. The van der Waals surface area contributed by atoms with Gasteiger partial charge in [0.2, 0.25) is 0 Å². The van der Waals surface area contributed by atoms with Crippen LogP contribution < -0.4 is 0 Å². The second-order valence-electron chi connectivity index (χ2n) is 15.1. The van der Waals surface area contributed by atoms with Crippen molar-refractivity contribution in [3.05, 3.63) is 53.2 Å². The quantitative estimate of drug-likeness (QED) is 0.210. The maximum Gasteiger partial charge on any atom is 0.308 e. The highest BCUT2D eigenvalue weighted by Gasteiger charge is 2.56. The number of carbonyl (C=O) groups excluding carboxylic acids is 1. The van der Waals surface area contributed by atoms with E-state index in [0.29, 0.717) is 30.6 Å². The molecule has 5 rings (SSSR count). The fraction of sp³-hybridized carbons (Fsp3) is 0.737. The van der Waals surface area contributed by atoms with Crippen LogP contribution in [0.15, 0.2) is 41.6 Å². The molecule has 1 aromatic rings. The van der Waals surface area contributed by atoms with Gasteiger partial charge in [0.15, 0.2) is 0 Å². The molecule has 0 aromatic carbocycles. The van der Waals surface area contributed by atoms with Gasteiger partial charge >= 0.3 is 5.97 Å². The van der Waals surface area contributed by atoms with Gasteiger partial charge in [-0.2, -0.15) is 0 Å². The van der Waals surface area contributed by atoms with E-state index >= 15 is 0 Å². The number of esters is 1. The Bertz CT molecular complexity index is 1240. The van der Waals surface area contributed by atoms with E-state index in [1.165, 1.54) is 31.3 Å². The van der Waals surface area contributed by atoms with E-state index in [1.54, 1.807) is 0 Å². The highest BCUT2D eigenvalue weighted by Crippen LogP contribution is 2.60. The molecule has 0 amide bonds. The maximum absolute atomic E-state index is 13.1. The summed E-state index contributed by atoms with van der Waals surface area (Å²) in [7, 11) is 0. The second kappa shape index (κ2) is 13.7. The Hall–Kier alpha value is -2.18. The number of rotatable bonds is 12. The third kappa shape index (κ3) is 6.67. The van der Waals surface area contributed by atoms with Crippen molar-refractivity contribution < 1.29 is 19.7 Å². The van der Waals surface area contributed by atoms with Crippen LogP contribution in [0.1, 0.15) is 130 Å². The van der Waals surface area contributed by atoms with Crippen molar-refractivity contribution >= 4 is 5.97 Å². The topological polar surface area (TPSA) is 95.4 Å². The van der Waals surface area contributed by atoms with Gasteiger partial charge in [0, 0.05) is 12.6 Å². The number of nitrogens with zero attached hydrogens (tertiary/aromatic N) is 1. The Morgan fingerprint density at radius 3 is 2.66 bits per heavy atom. The first kappa shape index (κ1) is 33.2. The summed E-state index contributed by atoms with van der Waals surface area (Å²) in [4.78, 5) is 21.6. The van der Waals surface area contributed by atoms with Gasteiger partial charge in [-0.05, 0) is 111 Å². The average Bonchev–Trinajstić information content (AvgIpc) is 3.52. The monoisotopic (exact) mass is 606 g/mol. The van der Waals surface area contributed by atoms with Crippen molar-refractivity contribution in [3.63, 3.8) is 0 Å². The molecule has 0 aliphatic heterocycles. The molecular weight excluding hydrogens is 548 g/mol. The van der Waals surface area contributed by atoms with Gasteiger partial charge in [-0.1, -0.05) is 65.3 Å². The number of aromatic nitrogens is 2. The van der Waals surface area contributed by atoms with E-state index in [-0.39, 0.29) is 28.8 Å². The van der Waals surface area contributed by atoms with Crippen molar-refractivity contribution in [2.24, 2.45) is 29.1 Å². The number of allylic oxidation sites excluding steroid dienone is 3. The third-order valence-electron chi connectivity index (χ3n) is 12.2. The summed E-state index contributed by atoms with van der Waals surface area (Å²) in [5, 5.41) is 20.5. The smallest absolute Gasteiger partial charge is 0.308 e. The molecule has 244 valence electrons. The van der Waals surface area contributed by atoms with Crippen LogP contribution >= 0.6 is 0 Å². The molecule has 6 nitrogen and oxygen atoms in total. The number of aryl methyl sites for hydroxylation is 1. The molecule has 4 saturated carbocycles. The SMILES string of the molecule is C=C1/C(=C\C=C2/CCC[C@]3(C)[C@@H]([C@H](C)CC[C@H](OC(=O)C(C)CC)C4(c5nc(CCC)c[nH]5)CC4)CC[C@@H]23)C[C@@H](O)C[C@@H]1O. The lowest BCUT2D eigenvalue weighted by Gasteiger charge is -2.44. The summed E-state index contributed by atoms with van der Waals surface area (Å²) < 4.78 is 6.37. The first-order chi connectivity index (χ1) is 21.0. The Kier molecular flexibility index (Phi) is 10.3. The van der Waals surface area contributed by atoms with E-state index < -0.39 is 12.2 Å². The molecule has 0 bridgehead atoms. The number of hydrogen-bond acceptors (Lipinski definition) is 5.